The molecule has 1 saturated carbocycles. The van der Waals surface area contributed by atoms with Gasteiger partial charge >= 0.3 is 0 Å². The summed E-state index contributed by atoms with van der Waals surface area (Å²) in [6, 6.07) is 0.528. The minimum atomic E-state index is 0.473. The van der Waals surface area contributed by atoms with Crippen molar-refractivity contribution in [2.24, 2.45) is 5.92 Å². The Morgan fingerprint density at radius 2 is 2.16 bits per heavy atom. The third kappa shape index (κ3) is 1.88. The Bertz CT molecular complexity index is 598. The predicted molar refractivity (Wildman–Crippen MR) is 77.5 cm³/mol. The highest BCUT2D eigenvalue weighted by Crippen LogP contribution is 2.38. The fraction of sp³-hybridized carbons (Fsp3) is 0.714. The lowest BCUT2D eigenvalue weighted by Crippen LogP contribution is -2.16. The number of imidazole rings is 1. The molecular weight excluding hydrogens is 260 g/mol. The third-order valence-corrected chi connectivity index (χ3v) is 4.62. The largest absolute Gasteiger partial charge is 0.308 e. The lowest BCUT2D eigenvalue weighted by molar-refractivity contribution is 0.401. The van der Waals surface area contributed by atoms with E-state index in [1.54, 1.807) is 0 Å². The zero-order valence-electron chi connectivity index (χ0n) is 11.9. The van der Waals surface area contributed by atoms with Gasteiger partial charge in [0, 0.05) is 12.6 Å². The van der Waals surface area contributed by atoms with Crippen LogP contribution in [0.1, 0.15) is 50.7 Å². The molecule has 2 heterocycles. The molecule has 104 valence electrons. The minimum absolute atomic E-state index is 0.473. The number of fused-ring (bicyclic) bond motifs is 1. The molecule has 1 fully saturated rings. The van der Waals surface area contributed by atoms with Crippen molar-refractivity contribution in [3.8, 4) is 0 Å². The summed E-state index contributed by atoms with van der Waals surface area (Å²) >= 11 is 6.12. The normalized spacial score (nSPS) is 23.6. The Morgan fingerprint density at radius 1 is 1.37 bits per heavy atom. The quantitative estimate of drug-likeness (QED) is 0.805. The number of alkyl halides is 1. The molecule has 2 aromatic heterocycles. The van der Waals surface area contributed by atoms with Crippen molar-refractivity contribution in [2.75, 3.05) is 0 Å². The van der Waals surface area contributed by atoms with Gasteiger partial charge < -0.3 is 4.57 Å². The molecule has 2 aromatic rings. The van der Waals surface area contributed by atoms with Crippen molar-refractivity contribution in [3.63, 3.8) is 0 Å². The van der Waals surface area contributed by atoms with Gasteiger partial charge in [-0.1, -0.05) is 13.3 Å². The van der Waals surface area contributed by atoms with Gasteiger partial charge in [-0.25, -0.2) is 9.67 Å². The summed E-state index contributed by atoms with van der Waals surface area (Å²) in [5.41, 5.74) is 3.19. The van der Waals surface area contributed by atoms with Crippen LogP contribution in [0.25, 0.3) is 11.2 Å². The van der Waals surface area contributed by atoms with E-state index in [9.17, 15) is 0 Å². The highest BCUT2D eigenvalue weighted by molar-refractivity contribution is 6.16. The van der Waals surface area contributed by atoms with Crippen LogP contribution in [0.15, 0.2) is 0 Å². The molecule has 1 aliphatic rings. The van der Waals surface area contributed by atoms with Crippen LogP contribution in [0.5, 0.6) is 0 Å². The molecule has 0 saturated heterocycles. The van der Waals surface area contributed by atoms with Crippen molar-refractivity contribution in [2.45, 2.75) is 58.5 Å². The SMILES string of the molecule is CCn1nc(C)c2nc(CCl)n(C3CCCC3C)c21. The maximum Gasteiger partial charge on any atom is 0.159 e. The van der Waals surface area contributed by atoms with E-state index >= 15 is 0 Å². The van der Waals surface area contributed by atoms with E-state index in [1.165, 1.54) is 19.3 Å². The van der Waals surface area contributed by atoms with Gasteiger partial charge in [-0.15, -0.1) is 11.6 Å². The second-order valence-electron chi connectivity index (χ2n) is 5.58. The minimum Gasteiger partial charge on any atom is -0.308 e. The standard InChI is InChI=1S/C14H21ClN4/c1-4-18-14-13(10(3)17-18)16-12(8-15)19(14)11-7-5-6-9(11)2/h9,11H,4-8H2,1-3H3. The summed E-state index contributed by atoms with van der Waals surface area (Å²) in [7, 11) is 0. The molecule has 0 amide bonds. The molecule has 3 rings (SSSR count). The van der Waals surface area contributed by atoms with E-state index in [0.29, 0.717) is 17.8 Å². The molecule has 1 aliphatic carbocycles. The van der Waals surface area contributed by atoms with Crippen LogP contribution in [0.2, 0.25) is 0 Å². The Morgan fingerprint density at radius 3 is 2.74 bits per heavy atom. The maximum absolute atomic E-state index is 6.12. The first-order valence-electron chi connectivity index (χ1n) is 7.17. The van der Waals surface area contributed by atoms with Crippen LogP contribution in [0, 0.1) is 12.8 Å². The van der Waals surface area contributed by atoms with Crippen LogP contribution in [-0.2, 0) is 12.4 Å². The monoisotopic (exact) mass is 280 g/mol. The molecule has 2 atom stereocenters. The van der Waals surface area contributed by atoms with Gasteiger partial charge in [-0.2, -0.15) is 5.10 Å². The van der Waals surface area contributed by atoms with E-state index in [1.807, 2.05) is 6.92 Å². The summed E-state index contributed by atoms with van der Waals surface area (Å²) < 4.78 is 4.43. The number of hydrogen-bond donors (Lipinski definition) is 0. The Kier molecular flexibility index (Phi) is 3.29. The Balaban J connectivity index is 2.25. The molecule has 2 unspecified atom stereocenters. The molecule has 0 aromatic carbocycles. The van der Waals surface area contributed by atoms with Crippen LogP contribution < -0.4 is 0 Å². The number of aryl methyl sites for hydroxylation is 2. The molecule has 0 N–H and O–H groups in total. The number of rotatable bonds is 3. The molecule has 0 aliphatic heterocycles. The van der Waals surface area contributed by atoms with Gasteiger partial charge in [0.15, 0.2) is 5.65 Å². The molecule has 4 nitrogen and oxygen atoms in total. The van der Waals surface area contributed by atoms with Crippen molar-refractivity contribution >= 4 is 22.8 Å². The first-order valence-corrected chi connectivity index (χ1v) is 7.71. The highest BCUT2D eigenvalue weighted by Gasteiger charge is 2.30. The summed E-state index contributed by atoms with van der Waals surface area (Å²) in [6.45, 7) is 7.36. The first-order chi connectivity index (χ1) is 9.17. The molecular formula is C14H21ClN4. The second kappa shape index (κ2) is 4.82. The summed E-state index contributed by atoms with van der Waals surface area (Å²) in [6.07, 6.45) is 3.82. The number of aromatic nitrogens is 4. The van der Waals surface area contributed by atoms with Crippen LogP contribution >= 0.6 is 11.6 Å². The summed E-state index contributed by atoms with van der Waals surface area (Å²) in [4.78, 5) is 4.73. The van der Waals surface area contributed by atoms with E-state index in [-0.39, 0.29) is 0 Å². The lowest BCUT2D eigenvalue weighted by Gasteiger charge is -2.20. The fourth-order valence-corrected chi connectivity index (χ4v) is 3.60. The Labute approximate surface area is 118 Å². The van der Waals surface area contributed by atoms with Gasteiger partial charge in [-0.05, 0) is 32.6 Å². The van der Waals surface area contributed by atoms with Gasteiger partial charge in [0.05, 0.1) is 11.6 Å². The van der Waals surface area contributed by atoms with Gasteiger partial charge in [-0.3, -0.25) is 0 Å². The van der Waals surface area contributed by atoms with E-state index in [2.05, 4.69) is 28.2 Å². The number of hydrogen-bond acceptors (Lipinski definition) is 2. The van der Waals surface area contributed by atoms with Gasteiger partial charge in [0.2, 0.25) is 0 Å². The fourth-order valence-electron chi connectivity index (χ4n) is 3.41. The second-order valence-corrected chi connectivity index (χ2v) is 5.85. The van der Waals surface area contributed by atoms with Crippen molar-refractivity contribution in [1.29, 1.82) is 0 Å². The lowest BCUT2D eigenvalue weighted by atomic mass is 10.1. The highest BCUT2D eigenvalue weighted by atomic mass is 35.5. The first kappa shape index (κ1) is 13.0. The van der Waals surface area contributed by atoms with Gasteiger partial charge in [0.25, 0.3) is 0 Å². The molecule has 5 heteroatoms. The molecule has 0 bridgehead atoms. The van der Waals surface area contributed by atoms with E-state index in [4.69, 9.17) is 16.6 Å². The molecule has 19 heavy (non-hydrogen) atoms. The van der Waals surface area contributed by atoms with Crippen molar-refractivity contribution in [3.05, 3.63) is 11.5 Å². The smallest absolute Gasteiger partial charge is 0.159 e. The number of nitrogens with zero attached hydrogens (tertiary/aromatic N) is 4. The Hall–Kier alpha value is -1.03. The maximum atomic E-state index is 6.12. The summed E-state index contributed by atoms with van der Waals surface area (Å²) in [5, 5.41) is 4.59. The van der Waals surface area contributed by atoms with Crippen LogP contribution in [-0.4, -0.2) is 19.3 Å². The van der Waals surface area contributed by atoms with Crippen molar-refractivity contribution in [1.82, 2.24) is 19.3 Å². The third-order valence-electron chi connectivity index (χ3n) is 4.38. The van der Waals surface area contributed by atoms with Crippen LogP contribution in [0.3, 0.4) is 0 Å². The molecule has 0 spiro atoms. The zero-order valence-corrected chi connectivity index (χ0v) is 12.6. The van der Waals surface area contributed by atoms with Gasteiger partial charge in [0.1, 0.15) is 11.3 Å². The average Bonchev–Trinajstić information content (AvgIpc) is 3.05. The van der Waals surface area contributed by atoms with Crippen LogP contribution in [0.4, 0.5) is 0 Å². The average molecular weight is 281 g/mol. The van der Waals surface area contributed by atoms with E-state index in [0.717, 1.165) is 29.2 Å². The summed E-state index contributed by atoms with van der Waals surface area (Å²) in [5.74, 6) is 2.17. The predicted octanol–water partition coefficient (Wildman–Crippen LogP) is 3.66. The zero-order chi connectivity index (χ0) is 13.6. The topological polar surface area (TPSA) is 35.6 Å². The van der Waals surface area contributed by atoms with Crippen molar-refractivity contribution < 1.29 is 0 Å². The molecule has 0 radical (unpaired) electrons. The van der Waals surface area contributed by atoms with E-state index < -0.39 is 0 Å². The number of halogens is 1.